The van der Waals surface area contributed by atoms with Crippen molar-refractivity contribution < 1.29 is 41.7 Å². The second kappa shape index (κ2) is 11.9. The van der Waals surface area contributed by atoms with Gasteiger partial charge in [-0.05, 0) is 38.1 Å². The van der Waals surface area contributed by atoms with Crippen molar-refractivity contribution in [3.63, 3.8) is 0 Å². The van der Waals surface area contributed by atoms with Crippen molar-refractivity contribution in [1.29, 1.82) is 0 Å². The smallest absolute Gasteiger partial charge is 0.376 e. The third-order valence-electron chi connectivity index (χ3n) is 6.68. The standard InChI is InChI=1S/C28H27F3N4O6/c1-28(2)39-15-22-26(41-28)24(35-14-20(33-34-35)16-12-18(29)23(31)19(30)13-16)25(37-3)21(40-22)10-7-11-38-27(36)32-17-8-5-4-6-9-17/h4-6,8-9,12-14,21-22,24-26H,10,15H2,1-3H3,(H,32,36)/t21-,22-,24-,25+,26+/m1/s1. The molecule has 1 aromatic heterocycles. The van der Waals surface area contributed by atoms with E-state index in [1.807, 2.05) is 6.07 Å². The zero-order valence-electron chi connectivity index (χ0n) is 22.3. The largest absolute Gasteiger partial charge is 0.425 e. The van der Waals surface area contributed by atoms with Crippen LogP contribution < -0.4 is 5.32 Å². The summed E-state index contributed by atoms with van der Waals surface area (Å²) in [5, 5.41) is 10.8. The van der Waals surface area contributed by atoms with Gasteiger partial charge < -0.3 is 23.7 Å². The Morgan fingerprint density at radius 3 is 2.63 bits per heavy atom. The summed E-state index contributed by atoms with van der Waals surface area (Å²) in [5.41, 5.74) is 0.676. The number of aromatic nitrogens is 3. The lowest BCUT2D eigenvalue weighted by atomic mass is 9.90. The van der Waals surface area contributed by atoms with Gasteiger partial charge in [0.2, 0.25) is 0 Å². The molecule has 2 saturated heterocycles. The molecule has 3 heterocycles. The Bertz CT molecular complexity index is 1430. The number of nitrogens with one attached hydrogen (secondary N) is 1. The summed E-state index contributed by atoms with van der Waals surface area (Å²) in [5.74, 6) is -2.42. The van der Waals surface area contributed by atoms with Crippen molar-refractivity contribution >= 4 is 11.8 Å². The Morgan fingerprint density at radius 2 is 1.93 bits per heavy atom. The zero-order chi connectivity index (χ0) is 29.1. The van der Waals surface area contributed by atoms with Gasteiger partial charge in [0.25, 0.3) is 0 Å². The summed E-state index contributed by atoms with van der Waals surface area (Å²) in [6.45, 7) is 3.71. The number of nitrogens with zero attached hydrogens (tertiary/aromatic N) is 3. The summed E-state index contributed by atoms with van der Waals surface area (Å²) >= 11 is 0. The first-order chi connectivity index (χ1) is 19.6. The number of rotatable bonds is 5. The molecule has 1 amide bonds. The summed E-state index contributed by atoms with van der Waals surface area (Å²) in [6.07, 6.45) is 0.725. The van der Waals surface area contributed by atoms with Crippen LogP contribution >= 0.6 is 0 Å². The number of fused-ring (bicyclic) bond motifs is 1. The number of amides is 1. The maximum absolute atomic E-state index is 13.9. The van der Waals surface area contributed by atoms with E-state index in [9.17, 15) is 18.0 Å². The third-order valence-corrected chi connectivity index (χ3v) is 6.68. The SMILES string of the molecule is CO[C@@H]1[C@@H](n2cc(-c3cc(F)c(F)c(F)c3)nn2)[C@H]2OC(C)(C)OC[C@H]2O[C@@H]1CC#COC(=O)Nc1ccccc1. The van der Waals surface area contributed by atoms with Crippen molar-refractivity contribution in [3.05, 3.63) is 66.1 Å². The first-order valence-electron chi connectivity index (χ1n) is 12.7. The lowest BCUT2D eigenvalue weighted by Crippen LogP contribution is -2.62. The Balaban J connectivity index is 1.37. The Labute approximate surface area is 233 Å². The summed E-state index contributed by atoms with van der Waals surface area (Å²) < 4.78 is 71.8. The fourth-order valence-corrected chi connectivity index (χ4v) is 4.83. The third kappa shape index (κ3) is 6.36. The quantitative estimate of drug-likeness (QED) is 0.354. The normalized spacial score (nSPS) is 25.0. The maximum Gasteiger partial charge on any atom is 0.425 e. The number of hydrogen-bond donors (Lipinski definition) is 1. The van der Waals surface area contributed by atoms with E-state index in [2.05, 4.69) is 27.7 Å². The summed E-state index contributed by atoms with van der Waals surface area (Å²) in [7, 11) is 1.48. The monoisotopic (exact) mass is 572 g/mol. The van der Waals surface area contributed by atoms with E-state index in [1.54, 1.807) is 38.1 Å². The number of methoxy groups -OCH3 is 1. The number of para-hydroxylation sites is 1. The average molecular weight is 573 g/mol. The van der Waals surface area contributed by atoms with E-state index in [-0.39, 0.29) is 24.3 Å². The van der Waals surface area contributed by atoms with Gasteiger partial charge in [0.1, 0.15) is 36.2 Å². The van der Waals surface area contributed by atoms with Gasteiger partial charge in [0.15, 0.2) is 23.2 Å². The molecule has 41 heavy (non-hydrogen) atoms. The minimum atomic E-state index is -1.57. The van der Waals surface area contributed by atoms with Crippen LogP contribution in [0.2, 0.25) is 0 Å². The van der Waals surface area contributed by atoms with Gasteiger partial charge in [-0.15, -0.1) is 5.10 Å². The molecule has 5 rings (SSSR count). The Hall–Kier alpha value is -3.96. The van der Waals surface area contributed by atoms with Crippen molar-refractivity contribution in [3.8, 4) is 23.3 Å². The van der Waals surface area contributed by atoms with Gasteiger partial charge in [0, 0.05) is 24.8 Å². The van der Waals surface area contributed by atoms with Crippen molar-refractivity contribution in [2.24, 2.45) is 0 Å². The minimum absolute atomic E-state index is 0.00629. The lowest BCUT2D eigenvalue weighted by Gasteiger charge is -2.50. The molecule has 1 N–H and O–H groups in total. The molecule has 216 valence electrons. The maximum atomic E-state index is 13.9. The van der Waals surface area contributed by atoms with Gasteiger partial charge >= 0.3 is 6.09 Å². The highest BCUT2D eigenvalue weighted by molar-refractivity contribution is 5.85. The van der Waals surface area contributed by atoms with Crippen LogP contribution in [0, 0.1) is 29.5 Å². The van der Waals surface area contributed by atoms with Crippen LogP contribution in [0.1, 0.15) is 26.3 Å². The summed E-state index contributed by atoms with van der Waals surface area (Å²) in [6, 6.07) is 9.82. The fraction of sp³-hybridized carbons (Fsp3) is 0.393. The molecule has 0 spiro atoms. The van der Waals surface area contributed by atoms with Gasteiger partial charge in [-0.3, -0.25) is 5.32 Å². The summed E-state index contributed by atoms with van der Waals surface area (Å²) in [4.78, 5) is 12.0. The average Bonchev–Trinajstić information content (AvgIpc) is 3.43. The van der Waals surface area contributed by atoms with Crippen LogP contribution in [-0.2, 0) is 23.7 Å². The van der Waals surface area contributed by atoms with Crippen LogP contribution in [-0.4, -0.2) is 65.0 Å². The molecule has 2 aromatic carbocycles. The first kappa shape index (κ1) is 28.6. The molecule has 0 saturated carbocycles. The van der Waals surface area contributed by atoms with E-state index >= 15 is 0 Å². The van der Waals surface area contributed by atoms with Crippen LogP contribution in [0.3, 0.4) is 0 Å². The number of anilines is 1. The number of hydrogen-bond acceptors (Lipinski definition) is 8. The number of carbonyl (C=O) groups is 1. The molecular formula is C28H27F3N4O6. The van der Waals surface area contributed by atoms with Crippen molar-refractivity contribution in [1.82, 2.24) is 15.0 Å². The van der Waals surface area contributed by atoms with Crippen molar-refractivity contribution in [2.45, 2.75) is 56.5 Å². The molecule has 10 nitrogen and oxygen atoms in total. The van der Waals surface area contributed by atoms with Gasteiger partial charge in [0.05, 0.1) is 18.9 Å². The molecule has 5 atom stereocenters. The highest BCUT2D eigenvalue weighted by atomic mass is 19.2. The predicted octanol–water partition coefficient (Wildman–Crippen LogP) is 4.44. The molecule has 2 fully saturated rings. The van der Waals surface area contributed by atoms with E-state index in [0.29, 0.717) is 5.69 Å². The van der Waals surface area contributed by atoms with E-state index in [0.717, 1.165) is 12.1 Å². The van der Waals surface area contributed by atoms with Crippen LogP contribution in [0.5, 0.6) is 0 Å². The van der Waals surface area contributed by atoms with Gasteiger partial charge in [-0.2, -0.15) is 0 Å². The van der Waals surface area contributed by atoms with Crippen LogP contribution in [0.15, 0.2) is 48.7 Å². The molecular weight excluding hydrogens is 545 g/mol. The number of carbonyl (C=O) groups excluding carboxylic acids is 1. The van der Waals surface area contributed by atoms with Gasteiger partial charge in [-0.25, -0.2) is 22.6 Å². The zero-order valence-corrected chi connectivity index (χ0v) is 22.3. The van der Waals surface area contributed by atoms with Crippen LogP contribution in [0.25, 0.3) is 11.3 Å². The number of benzene rings is 2. The first-order valence-corrected chi connectivity index (χ1v) is 12.7. The molecule has 0 unspecified atom stereocenters. The molecule has 0 bridgehead atoms. The van der Waals surface area contributed by atoms with E-state index < -0.39 is 59.8 Å². The highest BCUT2D eigenvalue weighted by Crippen LogP contribution is 2.40. The lowest BCUT2D eigenvalue weighted by molar-refractivity contribution is -0.349. The number of halogens is 3. The second-order valence-electron chi connectivity index (χ2n) is 9.90. The van der Waals surface area contributed by atoms with E-state index in [1.165, 1.54) is 18.0 Å². The minimum Gasteiger partial charge on any atom is -0.376 e. The molecule has 0 aliphatic carbocycles. The molecule has 2 aliphatic rings. The number of ether oxygens (including phenoxy) is 5. The predicted molar refractivity (Wildman–Crippen MR) is 138 cm³/mol. The van der Waals surface area contributed by atoms with E-state index in [4.69, 9.17) is 23.7 Å². The molecule has 3 aromatic rings. The van der Waals surface area contributed by atoms with Gasteiger partial charge in [-0.1, -0.05) is 29.3 Å². The second-order valence-corrected chi connectivity index (χ2v) is 9.90. The highest BCUT2D eigenvalue weighted by Gasteiger charge is 2.52. The molecule has 0 radical (unpaired) electrons. The fourth-order valence-electron chi connectivity index (χ4n) is 4.83. The Morgan fingerprint density at radius 1 is 1.20 bits per heavy atom. The molecule has 2 aliphatic heterocycles. The topological polar surface area (TPSA) is 106 Å². The Kier molecular flexibility index (Phi) is 8.27. The van der Waals surface area contributed by atoms with Crippen LogP contribution in [0.4, 0.5) is 23.7 Å². The van der Waals surface area contributed by atoms with Crippen molar-refractivity contribution in [2.75, 3.05) is 19.0 Å². The molecule has 13 heteroatoms.